The molecule has 0 saturated carbocycles. The normalized spacial score (nSPS) is 12.4. The van der Waals surface area contributed by atoms with Gasteiger partial charge in [0.05, 0.1) is 0 Å². The largest absolute Gasteiger partial charge is 0.310 e. The van der Waals surface area contributed by atoms with Gasteiger partial charge in [0, 0.05) is 11.6 Å². The minimum absolute atomic E-state index is 0.0256. The summed E-state index contributed by atoms with van der Waals surface area (Å²) in [7, 11) is 0. The van der Waals surface area contributed by atoms with E-state index in [0.717, 1.165) is 24.3 Å². The van der Waals surface area contributed by atoms with Crippen LogP contribution in [0.5, 0.6) is 0 Å². The molecule has 0 spiro atoms. The molecule has 0 heterocycles. The van der Waals surface area contributed by atoms with Gasteiger partial charge >= 0.3 is 0 Å². The van der Waals surface area contributed by atoms with Gasteiger partial charge in [-0.3, -0.25) is 0 Å². The molecule has 112 valence electrons. The van der Waals surface area contributed by atoms with Gasteiger partial charge in [-0.15, -0.1) is 0 Å². The molecule has 2 rings (SSSR count). The molecule has 1 N–H and O–H groups in total. The highest BCUT2D eigenvalue weighted by Gasteiger charge is 2.19. The summed E-state index contributed by atoms with van der Waals surface area (Å²) < 4.78 is 54.1. The smallest absolute Gasteiger partial charge is 0.162 e. The van der Waals surface area contributed by atoms with Crippen molar-refractivity contribution in [3.8, 4) is 0 Å². The van der Waals surface area contributed by atoms with Crippen LogP contribution in [-0.4, -0.2) is 6.54 Å². The molecule has 0 saturated heterocycles. The third kappa shape index (κ3) is 3.61. The van der Waals surface area contributed by atoms with E-state index in [4.69, 9.17) is 0 Å². The zero-order chi connectivity index (χ0) is 15.4. The van der Waals surface area contributed by atoms with Gasteiger partial charge in [0.15, 0.2) is 11.6 Å². The van der Waals surface area contributed by atoms with Crippen molar-refractivity contribution in [3.63, 3.8) is 0 Å². The quantitative estimate of drug-likeness (QED) is 0.818. The van der Waals surface area contributed by atoms with E-state index in [2.05, 4.69) is 5.32 Å². The molecular weight excluding hydrogens is 282 g/mol. The highest BCUT2D eigenvalue weighted by Crippen LogP contribution is 2.24. The van der Waals surface area contributed by atoms with Crippen molar-refractivity contribution in [3.05, 3.63) is 70.8 Å². The predicted molar refractivity (Wildman–Crippen MR) is 72.8 cm³/mol. The van der Waals surface area contributed by atoms with Crippen molar-refractivity contribution < 1.29 is 17.6 Å². The van der Waals surface area contributed by atoms with Crippen molar-refractivity contribution in [2.75, 3.05) is 6.54 Å². The lowest BCUT2D eigenvalue weighted by molar-refractivity contribution is 0.470. The maximum absolute atomic E-state index is 13.9. The van der Waals surface area contributed by atoms with Crippen LogP contribution in [0.1, 0.15) is 24.1 Å². The van der Waals surface area contributed by atoms with Crippen LogP contribution in [0.3, 0.4) is 0 Å². The van der Waals surface area contributed by atoms with Gasteiger partial charge in [-0.2, -0.15) is 0 Å². The molecule has 0 aliphatic rings. The molecule has 0 radical (unpaired) electrons. The summed E-state index contributed by atoms with van der Waals surface area (Å²) in [6.45, 7) is 2.28. The number of hydrogen-bond donors (Lipinski definition) is 1. The van der Waals surface area contributed by atoms with Gasteiger partial charge in [0.25, 0.3) is 0 Å². The average molecular weight is 297 g/mol. The zero-order valence-electron chi connectivity index (χ0n) is 11.5. The Morgan fingerprint density at radius 1 is 1.00 bits per heavy atom. The Balaban J connectivity index is 2.35. The highest BCUT2D eigenvalue weighted by molar-refractivity contribution is 5.27. The summed E-state index contributed by atoms with van der Waals surface area (Å²) >= 11 is 0. The van der Waals surface area contributed by atoms with Gasteiger partial charge in [-0.25, -0.2) is 17.6 Å². The molecule has 1 nitrogen and oxygen atoms in total. The summed E-state index contributed by atoms with van der Waals surface area (Å²) in [5.74, 6) is -3.08. The lowest BCUT2D eigenvalue weighted by atomic mass is 9.97. The number of benzene rings is 2. The van der Waals surface area contributed by atoms with Crippen LogP contribution >= 0.6 is 0 Å². The second kappa shape index (κ2) is 6.72. The van der Waals surface area contributed by atoms with Crippen LogP contribution in [0.15, 0.2) is 36.4 Å². The Labute approximate surface area is 120 Å². The zero-order valence-corrected chi connectivity index (χ0v) is 11.5. The Morgan fingerprint density at radius 3 is 2.48 bits per heavy atom. The summed E-state index contributed by atoms with van der Waals surface area (Å²) in [5, 5.41) is 2.97. The molecule has 0 fully saturated rings. The van der Waals surface area contributed by atoms with E-state index in [9.17, 15) is 17.6 Å². The fourth-order valence-electron chi connectivity index (χ4n) is 2.25. The summed E-state index contributed by atoms with van der Waals surface area (Å²) in [6.07, 6.45) is 0.0256. The Morgan fingerprint density at radius 2 is 1.76 bits per heavy atom. The molecule has 5 heteroatoms. The van der Waals surface area contributed by atoms with Crippen molar-refractivity contribution in [1.29, 1.82) is 0 Å². The first kappa shape index (κ1) is 15.5. The second-order valence-electron chi connectivity index (χ2n) is 4.69. The molecule has 0 amide bonds. The van der Waals surface area contributed by atoms with Crippen molar-refractivity contribution in [1.82, 2.24) is 5.32 Å². The molecule has 2 aromatic carbocycles. The topological polar surface area (TPSA) is 12.0 Å². The van der Waals surface area contributed by atoms with E-state index >= 15 is 0 Å². The molecule has 0 aliphatic heterocycles. The van der Waals surface area contributed by atoms with Crippen LogP contribution in [0.25, 0.3) is 0 Å². The van der Waals surface area contributed by atoms with Crippen LogP contribution in [0, 0.1) is 23.3 Å². The standard InChI is InChI=1S/C16H15F4N/c1-2-21-15(12-9-11(17)6-7-13(12)18)8-10-4-3-5-14(19)16(10)20/h3-7,9,15,21H,2,8H2,1H3. The van der Waals surface area contributed by atoms with E-state index in [1.165, 1.54) is 12.1 Å². The van der Waals surface area contributed by atoms with Crippen LogP contribution in [0.2, 0.25) is 0 Å². The number of rotatable bonds is 5. The van der Waals surface area contributed by atoms with Gasteiger partial charge in [0.2, 0.25) is 0 Å². The number of halogens is 4. The molecule has 1 atom stereocenters. The molecule has 0 bridgehead atoms. The average Bonchev–Trinajstić information content (AvgIpc) is 2.46. The minimum Gasteiger partial charge on any atom is -0.310 e. The number of hydrogen-bond acceptors (Lipinski definition) is 1. The summed E-state index contributed by atoms with van der Waals surface area (Å²) in [6, 6.07) is 6.31. The van der Waals surface area contributed by atoms with E-state index < -0.39 is 29.3 Å². The molecule has 0 aromatic heterocycles. The van der Waals surface area contributed by atoms with E-state index in [0.29, 0.717) is 6.54 Å². The fraction of sp³-hybridized carbons (Fsp3) is 0.250. The maximum atomic E-state index is 13.9. The molecule has 1 unspecified atom stereocenters. The molecular formula is C16H15F4N. The lowest BCUT2D eigenvalue weighted by Gasteiger charge is -2.19. The summed E-state index contributed by atoms with van der Waals surface area (Å²) in [5.41, 5.74) is 0.213. The van der Waals surface area contributed by atoms with Crippen molar-refractivity contribution in [2.24, 2.45) is 0 Å². The van der Waals surface area contributed by atoms with Crippen molar-refractivity contribution >= 4 is 0 Å². The Hall–Kier alpha value is -1.88. The number of likely N-dealkylation sites (N-methyl/N-ethyl adjacent to an activating group) is 1. The van der Waals surface area contributed by atoms with E-state index in [1.807, 2.05) is 0 Å². The molecule has 0 aliphatic carbocycles. The van der Waals surface area contributed by atoms with Gasteiger partial charge in [0.1, 0.15) is 11.6 Å². The Kier molecular flexibility index (Phi) is 4.96. The molecule has 2 aromatic rings. The first-order valence-corrected chi connectivity index (χ1v) is 6.64. The highest BCUT2D eigenvalue weighted by atomic mass is 19.2. The second-order valence-corrected chi connectivity index (χ2v) is 4.69. The summed E-state index contributed by atoms with van der Waals surface area (Å²) in [4.78, 5) is 0. The SMILES string of the molecule is CCNC(Cc1cccc(F)c1F)c1cc(F)ccc1F. The van der Waals surface area contributed by atoms with Gasteiger partial charge in [-0.05, 0) is 42.8 Å². The monoisotopic (exact) mass is 297 g/mol. The van der Waals surface area contributed by atoms with Gasteiger partial charge in [-0.1, -0.05) is 19.1 Å². The van der Waals surface area contributed by atoms with E-state index in [1.54, 1.807) is 6.92 Å². The maximum Gasteiger partial charge on any atom is 0.162 e. The third-order valence-corrected chi connectivity index (χ3v) is 3.24. The van der Waals surface area contributed by atoms with E-state index in [-0.39, 0.29) is 17.5 Å². The van der Waals surface area contributed by atoms with Crippen LogP contribution < -0.4 is 5.32 Å². The lowest BCUT2D eigenvalue weighted by Crippen LogP contribution is -2.24. The van der Waals surface area contributed by atoms with Crippen LogP contribution in [0.4, 0.5) is 17.6 Å². The first-order chi connectivity index (χ1) is 10.0. The Bertz CT molecular complexity index is 628. The van der Waals surface area contributed by atoms with Crippen molar-refractivity contribution in [2.45, 2.75) is 19.4 Å². The van der Waals surface area contributed by atoms with Gasteiger partial charge < -0.3 is 5.32 Å². The van der Waals surface area contributed by atoms with Crippen LogP contribution in [-0.2, 0) is 6.42 Å². The minimum atomic E-state index is -0.961. The number of nitrogens with one attached hydrogen (secondary N) is 1. The third-order valence-electron chi connectivity index (χ3n) is 3.24. The first-order valence-electron chi connectivity index (χ1n) is 6.64. The predicted octanol–water partition coefficient (Wildman–Crippen LogP) is 4.14. The fourth-order valence-corrected chi connectivity index (χ4v) is 2.25. The molecule has 21 heavy (non-hydrogen) atoms.